The third-order valence-corrected chi connectivity index (χ3v) is 2.09. The molecule has 0 radical (unpaired) electrons. The van der Waals surface area contributed by atoms with Gasteiger partial charge >= 0.3 is 5.97 Å². The van der Waals surface area contributed by atoms with Crippen molar-refractivity contribution in [1.29, 1.82) is 0 Å². The van der Waals surface area contributed by atoms with Crippen molar-refractivity contribution in [2.24, 2.45) is 4.99 Å². The molecule has 0 aromatic heterocycles. The second-order valence-electron chi connectivity index (χ2n) is 3.43. The normalized spacial score (nSPS) is 14.3. The highest BCUT2D eigenvalue weighted by atomic mass is 16.6. The Morgan fingerprint density at radius 3 is 2.62 bits per heavy atom. The molecule has 1 aliphatic rings. The average Bonchev–Trinajstić information content (AvgIpc) is 2.65. The number of hydrogen-bond acceptors (Lipinski definition) is 4. The van der Waals surface area contributed by atoms with Gasteiger partial charge in [-0.3, -0.25) is 10.1 Å². The lowest BCUT2D eigenvalue weighted by molar-refractivity contribution is -0.117. The summed E-state index contributed by atoms with van der Waals surface area (Å²) in [5.41, 5.74) is 1.48. The molecule has 1 amide bonds. The van der Waals surface area contributed by atoms with Crippen molar-refractivity contribution in [1.82, 2.24) is 5.32 Å². The summed E-state index contributed by atoms with van der Waals surface area (Å²) in [4.78, 5) is 26.1. The molecule has 0 saturated heterocycles. The van der Waals surface area contributed by atoms with Crippen molar-refractivity contribution in [3.8, 4) is 0 Å². The first-order valence-electron chi connectivity index (χ1n) is 4.78. The number of benzene rings is 1. The van der Waals surface area contributed by atoms with Crippen LogP contribution in [0.5, 0.6) is 0 Å². The Morgan fingerprint density at radius 2 is 2.06 bits per heavy atom. The number of carbonyl (C=O) groups excluding carboxylic acids is 2. The third kappa shape index (κ3) is 2.25. The van der Waals surface area contributed by atoms with Gasteiger partial charge in [0.2, 0.25) is 5.91 Å². The third-order valence-electron chi connectivity index (χ3n) is 2.09. The molecular formula is C11H10N2O3. The number of rotatable bonds is 1. The van der Waals surface area contributed by atoms with E-state index >= 15 is 0 Å². The minimum atomic E-state index is -0.527. The molecule has 16 heavy (non-hydrogen) atoms. The van der Waals surface area contributed by atoms with Crippen LogP contribution in [0.4, 0.5) is 0 Å². The van der Waals surface area contributed by atoms with E-state index in [9.17, 15) is 9.59 Å². The number of carbonyl (C=O) groups is 2. The lowest BCUT2D eigenvalue weighted by atomic mass is 10.1. The van der Waals surface area contributed by atoms with E-state index in [-0.39, 0.29) is 18.5 Å². The van der Waals surface area contributed by atoms with E-state index in [0.29, 0.717) is 5.56 Å². The predicted molar refractivity (Wildman–Crippen MR) is 57.0 cm³/mol. The highest BCUT2D eigenvalue weighted by Crippen LogP contribution is 2.05. The summed E-state index contributed by atoms with van der Waals surface area (Å²) in [5.74, 6) is -0.798. The molecular weight excluding hydrogens is 208 g/mol. The van der Waals surface area contributed by atoms with Gasteiger partial charge in [0.15, 0.2) is 0 Å². The van der Waals surface area contributed by atoms with Gasteiger partial charge in [-0.2, -0.15) is 0 Å². The Balaban J connectivity index is 2.03. The van der Waals surface area contributed by atoms with Crippen LogP contribution >= 0.6 is 0 Å². The molecule has 1 aliphatic heterocycles. The fourth-order valence-corrected chi connectivity index (χ4v) is 1.24. The van der Waals surface area contributed by atoms with Crippen molar-refractivity contribution in [3.63, 3.8) is 0 Å². The summed E-state index contributed by atoms with van der Waals surface area (Å²) in [6.07, 6.45) is 0. The van der Waals surface area contributed by atoms with E-state index in [4.69, 9.17) is 4.74 Å². The van der Waals surface area contributed by atoms with Gasteiger partial charge in [-0.15, -0.1) is 0 Å². The SMILES string of the molecule is Cc1ccc(C(=O)OC2=NCC(=O)N2)cc1. The molecule has 82 valence electrons. The minimum Gasteiger partial charge on any atom is -0.389 e. The summed E-state index contributed by atoms with van der Waals surface area (Å²) in [6.45, 7) is 1.94. The first-order chi connectivity index (χ1) is 7.65. The van der Waals surface area contributed by atoms with Gasteiger partial charge in [-0.25, -0.2) is 9.79 Å². The van der Waals surface area contributed by atoms with Crippen molar-refractivity contribution in [2.45, 2.75) is 6.92 Å². The number of nitrogens with one attached hydrogen (secondary N) is 1. The largest absolute Gasteiger partial charge is 0.389 e. The zero-order valence-electron chi connectivity index (χ0n) is 8.69. The number of hydrogen-bond donors (Lipinski definition) is 1. The Kier molecular flexibility index (Phi) is 2.68. The van der Waals surface area contributed by atoms with E-state index in [2.05, 4.69) is 10.3 Å². The number of aryl methyl sites for hydroxylation is 1. The van der Waals surface area contributed by atoms with Crippen LogP contribution < -0.4 is 5.32 Å². The number of amidine groups is 1. The molecule has 1 heterocycles. The van der Waals surface area contributed by atoms with Crippen molar-refractivity contribution in [2.75, 3.05) is 6.54 Å². The lowest BCUT2D eigenvalue weighted by Crippen LogP contribution is -2.28. The van der Waals surface area contributed by atoms with Gasteiger partial charge in [0, 0.05) is 0 Å². The molecule has 0 atom stereocenters. The van der Waals surface area contributed by atoms with Gasteiger partial charge in [0.1, 0.15) is 6.54 Å². The summed E-state index contributed by atoms with van der Waals surface area (Å²) in [5, 5.41) is 2.33. The number of aliphatic imine (C=N–C) groups is 1. The van der Waals surface area contributed by atoms with E-state index in [1.54, 1.807) is 12.1 Å². The standard InChI is InChI=1S/C11H10N2O3/c1-7-2-4-8(5-3-7)10(15)16-11-12-6-9(14)13-11/h2-5H,6H2,1H3,(H,12,13,14). The van der Waals surface area contributed by atoms with Crippen molar-refractivity contribution in [3.05, 3.63) is 35.4 Å². The second-order valence-corrected chi connectivity index (χ2v) is 3.43. The zero-order valence-corrected chi connectivity index (χ0v) is 8.69. The van der Waals surface area contributed by atoms with E-state index in [1.165, 1.54) is 0 Å². The topological polar surface area (TPSA) is 67.8 Å². The van der Waals surface area contributed by atoms with Gasteiger partial charge in [-0.05, 0) is 19.1 Å². The van der Waals surface area contributed by atoms with Gasteiger partial charge < -0.3 is 4.74 Å². The fourth-order valence-electron chi connectivity index (χ4n) is 1.24. The van der Waals surface area contributed by atoms with Gasteiger partial charge in [0.25, 0.3) is 6.02 Å². The van der Waals surface area contributed by atoms with Crippen LogP contribution in [-0.2, 0) is 9.53 Å². The van der Waals surface area contributed by atoms with Gasteiger partial charge in [-0.1, -0.05) is 17.7 Å². The van der Waals surface area contributed by atoms with Crippen LogP contribution in [0.25, 0.3) is 0 Å². The Bertz CT molecular complexity index is 463. The smallest absolute Gasteiger partial charge is 0.345 e. The summed E-state index contributed by atoms with van der Waals surface area (Å²) >= 11 is 0. The van der Waals surface area contributed by atoms with Crippen LogP contribution in [0.15, 0.2) is 29.3 Å². The first kappa shape index (κ1) is 10.4. The van der Waals surface area contributed by atoms with Crippen LogP contribution in [0.3, 0.4) is 0 Å². The summed E-state index contributed by atoms with van der Waals surface area (Å²) < 4.78 is 4.89. The quantitative estimate of drug-likeness (QED) is 0.703. The number of ether oxygens (including phenoxy) is 1. The molecule has 0 unspecified atom stereocenters. The van der Waals surface area contributed by atoms with E-state index in [1.807, 2.05) is 19.1 Å². The van der Waals surface area contributed by atoms with Crippen molar-refractivity contribution < 1.29 is 14.3 Å². The minimum absolute atomic E-state index is 0.0104. The zero-order chi connectivity index (χ0) is 11.5. The Morgan fingerprint density at radius 1 is 1.38 bits per heavy atom. The Labute approximate surface area is 92.1 Å². The molecule has 5 heteroatoms. The first-order valence-corrected chi connectivity index (χ1v) is 4.78. The molecule has 0 bridgehead atoms. The monoisotopic (exact) mass is 218 g/mol. The van der Waals surface area contributed by atoms with Crippen LogP contribution in [0.1, 0.15) is 15.9 Å². The number of amides is 1. The summed E-state index contributed by atoms with van der Waals surface area (Å²) in [7, 11) is 0. The fraction of sp³-hybridized carbons (Fsp3) is 0.182. The molecule has 2 rings (SSSR count). The maximum absolute atomic E-state index is 11.6. The van der Waals surface area contributed by atoms with Crippen LogP contribution in [-0.4, -0.2) is 24.4 Å². The number of nitrogens with zero attached hydrogens (tertiary/aromatic N) is 1. The molecule has 0 spiro atoms. The number of esters is 1. The van der Waals surface area contributed by atoms with E-state index < -0.39 is 5.97 Å². The highest BCUT2D eigenvalue weighted by Gasteiger charge is 2.18. The predicted octanol–water partition coefficient (Wildman–Crippen LogP) is 0.638. The molecule has 0 fully saturated rings. The van der Waals surface area contributed by atoms with Crippen LogP contribution in [0, 0.1) is 6.92 Å². The second kappa shape index (κ2) is 4.14. The van der Waals surface area contributed by atoms with Crippen molar-refractivity contribution >= 4 is 17.9 Å². The average molecular weight is 218 g/mol. The maximum atomic E-state index is 11.6. The molecule has 1 N–H and O–H groups in total. The molecule has 1 aromatic rings. The molecule has 0 saturated carbocycles. The lowest BCUT2D eigenvalue weighted by Gasteiger charge is -2.03. The summed E-state index contributed by atoms with van der Waals surface area (Å²) in [6, 6.07) is 6.91. The molecule has 1 aromatic carbocycles. The van der Waals surface area contributed by atoms with E-state index in [0.717, 1.165) is 5.56 Å². The molecule has 5 nitrogen and oxygen atoms in total. The van der Waals surface area contributed by atoms with Crippen LogP contribution in [0.2, 0.25) is 0 Å². The van der Waals surface area contributed by atoms with Gasteiger partial charge in [0.05, 0.1) is 5.56 Å². The maximum Gasteiger partial charge on any atom is 0.345 e. The Hall–Kier alpha value is -2.17. The molecule has 0 aliphatic carbocycles. The highest BCUT2D eigenvalue weighted by molar-refractivity contribution is 6.06.